The number of hydrogen-bond acceptors (Lipinski definition) is 4. The van der Waals surface area contributed by atoms with Gasteiger partial charge in [0.15, 0.2) is 0 Å². The van der Waals surface area contributed by atoms with Crippen molar-refractivity contribution in [2.24, 2.45) is 0 Å². The fourth-order valence-corrected chi connectivity index (χ4v) is 3.29. The van der Waals surface area contributed by atoms with Gasteiger partial charge in [0, 0.05) is 37.8 Å². The van der Waals surface area contributed by atoms with E-state index in [4.69, 9.17) is 4.98 Å². The topological polar surface area (TPSA) is 32.3 Å². The lowest BCUT2D eigenvalue weighted by molar-refractivity contribution is 0.570. The molecule has 0 amide bonds. The van der Waals surface area contributed by atoms with E-state index in [-0.39, 0.29) is 0 Å². The van der Waals surface area contributed by atoms with Crippen molar-refractivity contribution in [2.75, 3.05) is 36.0 Å². The number of benzene rings is 2. The number of rotatable bonds is 3. The summed E-state index contributed by atoms with van der Waals surface area (Å²) in [4.78, 5) is 13.2. The van der Waals surface area contributed by atoms with Gasteiger partial charge in [-0.3, -0.25) is 4.98 Å². The smallest absolute Gasteiger partial charge is 0.149 e. The molecule has 0 aliphatic carbocycles. The average Bonchev–Trinajstić information content (AvgIpc) is 2.69. The average molecular weight is 366 g/mol. The highest BCUT2D eigenvalue weighted by atomic mass is 19.1. The van der Waals surface area contributed by atoms with E-state index in [0.29, 0.717) is 31.9 Å². The highest BCUT2D eigenvalue weighted by Crippen LogP contribution is 2.24. The van der Waals surface area contributed by atoms with E-state index < -0.39 is 11.6 Å². The third-order valence-corrected chi connectivity index (χ3v) is 4.82. The maximum atomic E-state index is 14.0. The van der Waals surface area contributed by atoms with E-state index >= 15 is 0 Å². The first-order valence-corrected chi connectivity index (χ1v) is 8.94. The Bertz CT molecular complexity index is 935. The van der Waals surface area contributed by atoms with Crippen LogP contribution in [0.1, 0.15) is 5.56 Å². The van der Waals surface area contributed by atoms with Crippen molar-refractivity contribution in [3.63, 3.8) is 0 Å². The minimum Gasteiger partial charge on any atom is -0.366 e. The number of nitrogens with zero attached hydrogens (tertiary/aromatic N) is 4. The number of anilines is 2. The van der Waals surface area contributed by atoms with Gasteiger partial charge in [0.05, 0.1) is 23.8 Å². The molecule has 4 rings (SSSR count). The first-order valence-electron chi connectivity index (χ1n) is 8.94. The van der Waals surface area contributed by atoms with E-state index in [1.807, 2.05) is 17.0 Å². The Morgan fingerprint density at radius 2 is 1.56 bits per heavy atom. The van der Waals surface area contributed by atoms with Gasteiger partial charge in [-0.15, -0.1) is 0 Å². The molecule has 4 nitrogen and oxygen atoms in total. The molecule has 3 aromatic rings. The lowest BCUT2D eigenvalue weighted by Gasteiger charge is -2.36. The van der Waals surface area contributed by atoms with Crippen LogP contribution in [0.3, 0.4) is 0 Å². The molecule has 2 heterocycles. The third-order valence-electron chi connectivity index (χ3n) is 4.82. The molecule has 2 aromatic carbocycles. The Hall–Kier alpha value is -3.02. The standard InChI is InChI=1S/C21H20F2N4/c1-15-2-4-16(5-3-15)19-13-24-14-21(25-19)27-10-8-26(9-11-27)20-7-6-17(22)12-18(20)23/h2-7,12-14H,8-11H2,1H3. The van der Waals surface area contributed by atoms with Gasteiger partial charge in [-0.05, 0) is 19.1 Å². The van der Waals surface area contributed by atoms with Crippen LogP contribution in [0.5, 0.6) is 0 Å². The molecule has 1 aliphatic heterocycles. The van der Waals surface area contributed by atoms with Crippen molar-refractivity contribution >= 4 is 11.5 Å². The van der Waals surface area contributed by atoms with Crippen molar-refractivity contribution < 1.29 is 8.78 Å². The molecule has 0 bridgehead atoms. The zero-order valence-corrected chi connectivity index (χ0v) is 15.1. The second kappa shape index (κ2) is 7.31. The summed E-state index contributed by atoms with van der Waals surface area (Å²) in [7, 11) is 0. The van der Waals surface area contributed by atoms with Crippen LogP contribution in [0.25, 0.3) is 11.3 Å². The Morgan fingerprint density at radius 3 is 2.26 bits per heavy atom. The van der Waals surface area contributed by atoms with E-state index in [0.717, 1.165) is 23.1 Å². The summed E-state index contributed by atoms with van der Waals surface area (Å²) in [6.07, 6.45) is 3.52. The van der Waals surface area contributed by atoms with Gasteiger partial charge < -0.3 is 9.80 Å². The van der Waals surface area contributed by atoms with Crippen LogP contribution >= 0.6 is 0 Å². The first-order chi connectivity index (χ1) is 13.1. The molecule has 138 valence electrons. The minimum absolute atomic E-state index is 0.440. The minimum atomic E-state index is -0.557. The highest BCUT2D eigenvalue weighted by Gasteiger charge is 2.21. The van der Waals surface area contributed by atoms with E-state index in [1.165, 1.54) is 17.7 Å². The lowest BCUT2D eigenvalue weighted by atomic mass is 10.1. The summed E-state index contributed by atoms with van der Waals surface area (Å²) < 4.78 is 27.1. The van der Waals surface area contributed by atoms with Crippen molar-refractivity contribution in [2.45, 2.75) is 6.92 Å². The van der Waals surface area contributed by atoms with Crippen molar-refractivity contribution in [3.8, 4) is 11.3 Å². The van der Waals surface area contributed by atoms with Crippen LogP contribution in [-0.4, -0.2) is 36.1 Å². The summed E-state index contributed by atoms with van der Waals surface area (Å²) >= 11 is 0. The van der Waals surface area contributed by atoms with Gasteiger partial charge in [-0.25, -0.2) is 13.8 Å². The van der Waals surface area contributed by atoms with Crippen LogP contribution < -0.4 is 9.80 Å². The number of hydrogen-bond donors (Lipinski definition) is 0. The largest absolute Gasteiger partial charge is 0.366 e. The molecule has 1 saturated heterocycles. The molecule has 6 heteroatoms. The van der Waals surface area contributed by atoms with Crippen LogP contribution in [0, 0.1) is 18.6 Å². The van der Waals surface area contributed by atoms with Gasteiger partial charge in [0.1, 0.15) is 17.5 Å². The monoisotopic (exact) mass is 366 g/mol. The summed E-state index contributed by atoms with van der Waals surface area (Å²) in [6, 6.07) is 11.9. The van der Waals surface area contributed by atoms with Crippen LogP contribution in [0.15, 0.2) is 54.9 Å². The van der Waals surface area contributed by atoms with Gasteiger partial charge in [-0.2, -0.15) is 0 Å². The fraction of sp³-hybridized carbons (Fsp3) is 0.238. The summed E-state index contributed by atoms with van der Waals surface area (Å²) in [6.45, 7) is 4.72. The molecular weight excluding hydrogens is 346 g/mol. The SMILES string of the molecule is Cc1ccc(-c2cncc(N3CCN(c4ccc(F)cc4F)CC3)n2)cc1. The molecule has 1 aliphatic rings. The Balaban J connectivity index is 1.48. The van der Waals surface area contributed by atoms with Crippen LogP contribution in [0.4, 0.5) is 20.3 Å². The molecule has 0 radical (unpaired) electrons. The molecule has 0 atom stereocenters. The van der Waals surface area contributed by atoms with Gasteiger partial charge in [0.25, 0.3) is 0 Å². The van der Waals surface area contributed by atoms with Crippen molar-refractivity contribution in [3.05, 3.63) is 72.1 Å². The molecular formula is C21H20F2N4. The molecule has 1 aromatic heterocycles. The van der Waals surface area contributed by atoms with Gasteiger partial charge >= 0.3 is 0 Å². The number of aromatic nitrogens is 2. The predicted molar refractivity (Wildman–Crippen MR) is 103 cm³/mol. The van der Waals surface area contributed by atoms with Crippen molar-refractivity contribution in [1.82, 2.24) is 9.97 Å². The van der Waals surface area contributed by atoms with Crippen LogP contribution in [-0.2, 0) is 0 Å². The Labute approximate surface area is 157 Å². The molecule has 0 saturated carbocycles. The number of aryl methyl sites for hydroxylation is 1. The maximum absolute atomic E-state index is 14.0. The normalized spacial score (nSPS) is 14.5. The Morgan fingerprint density at radius 1 is 0.852 bits per heavy atom. The summed E-state index contributed by atoms with van der Waals surface area (Å²) in [5, 5.41) is 0. The Kier molecular flexibility index (Phi) is 4.71. The molecule has 0 N–H and O–H groups in total. The number of piperazine rings is 1. The predicted octanol–water partition coefficient (Wildman–Crippen LogP) is 4.06. The van der Waals surface area contributed by atoms with Gasteiger partial charge in [-0.1, -0.05) is 29.8 Å². The molecule has 0 spiro atoms. The van der Waals surface area contributed by atoms with Crippen LogP contribution in [0.2, 0.25) is 0 Å². The van der Waals surface area contributed by atoms with Gasteiger partial charge in [0.2, 0.25) is 0 Å². The summed E-state index contributed by atoms with van der Waals surface area (Å²) in [5.41, 5.74) is 3.50. The fourth-order valence-electron chi connectivity index (χ4n) is 3.29. The zero-order valence-electron chi connectivity index (χ0n) is 15.1. The molecule has 1 fully saturated rings. The molecule has 0 unspecified atom stereocenters. The molecule has 27 heavy (non-hydrogen) atoms. The first kappa shape index (κ1) is 17.4. The van der Waals surface area contributed by atoms with E-state index in [1.54, 1.807) is 12.4 Å². The highest BCUT2D eigenvalue weighted by molar-refractivity contribution is 5.61. The maximum Gasteiger partial charge on any atom is 0.149 e. The van der Waals surface area contributed by atoms with E-state index in [2.05, 4.69) is 28.9 Å². The lowest BCUT2D eigenvalue weighted by Crippen LogP contribution is -2.47. The number of halogens is 2. The van der Waals surface area contributed by atoms with E-state index in [9.17, 15) is 8.78 Å². The third kappa shape index (κ3) is 3.74. The zero-order chi connectivity index (χ0) is 18.8. The second-order valence-corrected chi connectivity index (χ2v) is 6.70. The second-order valence-electron chi connectivity index (χ2n) is 6.70. The summed E-state index contributed by atoms with van der Waals surface area (Å²) in [5.74, 6) is -0.269. The van der Waals surface area contributed by atoms with Crippen molar-refractivity contribution in [1.29, 1.82) is 0 Å². The quantitative estimate of drug-likeness (QED) is 0.700.